The van der Waals surface area contributed by atoms with E-state index in [1.165, 1.54) is 16.8 Å². The Bertz CT molecular complexity index is 1230. The van der Waals surface area contributed by atoms with Gasteiger partial charge in [0.15, 0.2) is 5.65 Å². The highest BCUT2D eigenvalue weighted by molar-refractivity contribution is 5.81. The monoisotopic (exact) mass is 425 g/mol. The average molecular weight is 426 g/mol. The molecule has 0 atom stereocenters. The molecule has 0 aliphatic carbocycles. The number of benzene rings is 2. The molecule has 1 fully saturated rings. The molecule has 5 heteroatoms. The van der Waals surface area contributed by atoms with Gasteiger partial charge in [-0.05, 0) is 37.0 Å². The molecule has 3 heterocycles. The number of nitrogens with zero attached hydrogens (tertiary/aromatic N) is 5. The van der Waals surface area contributed by atoms with Crippen LogP contribution in [-0.2, 0) is 0 Å². The largest absolute Gasteiger partial charge is 0.368 e. The summed E-state index contributed by atoms with van der Waals surface area (Å²) in [5.41, 5.74) is 8.07. The van der Waals surface area contributed by atoms with Gasteiger partial charge < -0.3 is 9.80 Å². The van der Waals surface area contributed by atoms with Crippen LogP contribution in [0.1, 0.15) is 36.7 Å². The van der Waals surface area contributed by atoms with Crippen LogP contribution in [-0.4, -0.2) is 40.8 Å². The Kier molecular flexibility index (Phi) is 5.33. The zero-order valence-electron chi connectivity index (χ0n) is 19.4. The minimum absolute atomic E-state index is 0.353. The lowest BCUT2D eigenvalue weighted by Crippen LogP contribution is -2.47. The molecule has 0 radical (unpaired) electrons. The number of aryl methyl sites for hydroxylation is 2. The van der Waals surface area contributed by atoms with Crippen LogP contribution in [0.2, 0.25) is 0 Å². The first kappa shape index (κ1) is 20.6. The Morgan fingerprint density at radius 2 is 1.47 bits per heavy atom. The number of hydrogen-bond donors (Lipinski definition) is 0. The number of rotatable bonds is 4. The summed E-state index contributed by atoms with van der Waals surface area (Å²) in [5, 5.41) is 4.96. The second kappa shape index (κ2) is 8.30. The summed E-state index contributed by atoms with van der Waals surface area (Å²) in [6.45, 7) is 12.6. The van der Waals surface area contributed by atoms with Crippen LogP contribution < -0.4 is 9.80 Å². The predicted molar refractivity (Wildman–Crippen MR) is 133 cm³/mol. The maximum atomic E-state index is 5.06. The van der Waals surface area contributed by atoms with Crippen molar-refractivity contribution in [3.05, 3.63) is 77.6 Å². The minimum Gasteiger partial charge on any atom is -0.368 e. The van der Waals surface area contributed by atoms with Crippen molar-refractivity contribution in [2.24, 2.45) is 0 Å². The van der Waals surface area contributed by atoms with Gasteiger partial charge in [0.25, 0.3) is 0 Å². The molecule has 4 aromatic rings. The Morgan fingerprint density at radius 3 is 2.16 bits per heavy atom. The number of aromatic nitrogens is 3. The molecule has 0 spiro atoms. The van der Waals surface area contributed by atoms with Gasteiger partial charge in [0.2, 0.25) is 0 Å². The van der Waals surface area contributed by atoms with Crippen LogP contribution in [0.3, 0.4) is 0 Å². The number of para-hydroxylation sites is 1. The topological polar surface area (TPSA) is 36.7 Å². The molecular formula is C27H31N5. The smallest absolute Gasteiger partial charge is 0.165 e. The lowest BCUT2D eigenvalue weighted by atomic mass is 10.1. The molecule has 32 heavy (non-hydrogen) atoms. The molecule has 5 rings (SSSR count). The zero-order chi connectivity index (χ0) is 22.2. The summed E-state index contributed by atoms with van der Waals surface area (Å²) < 4.78 is 2.06. The highest BCUT2D eigenvalue weighted by Crippen LogP contribution is 2.32. The molecule has 1 saturated heterocycles. The fourth-order valence-electron chi connectivity index (χ4n) is 4.68. The maximum Gasteiger partial charge on any atom is 0.165 e. The van der Waals surface area contributed by atoms with Crippen molar-refractivity contribution in [1.29, 1.82) is 0 Å². The lowest BCUT2D eigenvalue weighted by Gasteiger charge is -2.38. The average Bonchev–Trinajstić information content (AvgIpc) is 3.15. The van der Waals surface area contributed by atoms with Crippen molar-refractivity contribution in [1.82, 2.24) is 14.6 Å². The van der Waals surface area contributed by atoms with Crippen molar-refractivity contribution >= 4 is 17.2 Å². The van der Waals surface area contributed by atoms with Crippen LogP contribution >= 0.6 is 0 Å². The summed E-state index contributed by atoms with van der Waals surface area (Å²) >= 11 is 0. The van der Waals surface area contributed by atoms with Gasteiger partial charge in [-0.1, -0.05) is 62.4 Å². The fraction of sp³-hybridized carbons (Fsp3) is 0.333. The fourth-order valence-corrected chi connectivity index (χ4v) is 4.68. The molecule has 0 bridgehead atoms. The van der Waals surface area contributed by atoms with Crippen LogP contribution in [0, 0.1) is 13.8 Å². The number of piperazine rings is 1. The summed E-state index contributed by atoms with van der Waals surface area (Å²) in [4.78, 5) is 10.0. The zero-order valence-corrected chi connectivity index (χ0v) is 19.4. The second-order valence-corrected chi connectivity index (χ2v) is 9.02. The first-order valence-corrected chi connectivity index (χ1v) is 11.5. The van der Waals surface area contributed by atoms with Gasteiger partial charge in [-0.3, -0.25) is 0 Å². The van der Waals surface area contributed by atoms with E-state index in [1.807, 2.05) is 0 Å². The third-order valence-electron chi connectivity index (χ3n) is 6.48. The molecule has 5 nitrogen and oxygen atoms in total. The van der Waals surface area contributed by atoms with Gasteiger partial charge in [0.1, 0.15) is 5.82 Å². The van der Waals surface area contributed by atoms with Crippen molar-refractivity contribution in [2.75, 3.05) is 36.0 Å². The quantitative estimate of drug-likeness (QED) is 0.435. The summed E-state index contributed by atoms with van der Waals surface area (Å²) in [6, 6.07) is 21.4. The lowest BCUT2D eigenvalue weighted by molar-refractivity contribution is 0.635. The molecule has 0 amide bonds. The van der Waals surface area contributed by atoms with Gasteiger partial charge in [0.05, 0.1) is 5.69 Å². The number of fused-ring (bicyclic) bond motifs is 1. The summed E-state index contributed by atoms with van der Waals surface area (Å²) in [5.74, 6) is 1.50. The maximum absolute atomic E-state index is 5.06. The van der Waals surface area contributed by atoms with Crippen LogP contribution in [0.25, 0.3) is 16.8 Å². The normalized spacial score (nSPS) is 14.5. The van der Waals surface area contributed by atoms with E-state index in [0.29, 0.717) is 5.92 Å². The molecule has 0 unspecified atom stereocenters. The van der Waals surface area contributed by atoms with Crippen LogP contribution in [0.4, 0.5) is 11.5 Å². The standard InChI is InChI=1S/C27H31N5/c1-19(2)23-18-25(31-16-14-30(15-17-31)24-13-9-8-10-20(24)3)32-27(28-23)26(21(4)29-32)22-11-6-5-7-12-22/h5-13,18-19H,14-17H2,1-4H3. The van der Waals surface area contributed by atoms with E-state index in [-0.39, 0.29) is 0 Å². The Morgan fingerprint density at radius 1 is 0.812 bits per heavy atom. The van der Waals surface area contributed by atoms with Gasteiger partial charge in [-0.25, -0.2) is 4.98 Å². The molecule has 164 valence electrons. The van der Waals surface area contributed by atoms with Crippen LogP contribution in [0.5, 0.6) is 0 Å². The predicted octanol–water partition coefficient (Wildman–Crippen LogP) is 5.46. The highest BCUT2D eigenvalue weighted by Gasteiger charge is 2.24. The Labute approximate surface area is 190 Å². The van der Waals surface area contributed by atoms with Crippen molar-refractivity contribution in [3.8, 4) is 11.1 Å². The number of hydrogen-bond acceptors (Lipinski definition) is 4. The molecule has 0 N–H and O–H groups in total. The van der Waals surface area contributed by atoms with E-state index >= 15 is 0 Å². The first-order chi connectivity index (χ1) is 15.5. The first-order valence-electron chi connectivity index (χ1n) is 11.5. The second-order valence-electron chi connectivity index (χ2n) is 9.02. The summed E-state index contributed by atoms with van der Waals surface area (Å²) in [7, 11) is 0. The van der Waals surface area contributed by atoms with Gasteiger partial charge in [0, 0.05) is 49.2 Å². The third-order valence-corrected chi connectivity index (χ3v) is 6.48. The minimum atomic E-state index is 0.353. The summed E-state index contributed by atoms with van der Waals surface area (Å²) in [6.07, 6.45) is 0. The Balaban J connectivity index is 1.54. The molecule has 2 aromatic heterocycles. The SMILES string of the molecule is Cc1ccccc1N1CCN(c2cc(C(C)C)nc3c(-c4ccccc4)c(C)nn23)CC1. The van der Waals surface area contributed by atoms with Gasteiger partial charge >= 0.3 is 0 Å². The molecule has 2 aromatic carbocycles. The van der Waals surface area contributed by atoms with E-state index in [2.05, 4.69) is 103 Å². The molecular weight excluding hydrogens is 394 g/mol. The van der Waals surface area contributed by atoms with Crippen LogP contribution in [0.15, 0.2) is 60.7 Å². The number of anilines is 2. The van der Waals surface area contributed by atoms with E-state index in [4.69, 9.17) is 10.1 Å². The third kappa shape index (κ3) is 3.62. The van der Waals surface area contributed by atoms with E-state index < -0.39 is 0 Å². The van der Waals surface area contributed by atoms with Crippen molar-refractivity contribution < 1.29 is 0 Å². The van der Waals surface area contributed by atoms with Crippen molar-refractivity contribution in [3.63, 3.8) is 0 Å². The highest BCUT2D eigenvalue weighted by atomic mass is 15.4. The molecule has 1 aliphatic heterocycles. The Hall–Kier alpha value is -3.34. The van der Waals surface area contributed by atoms with Gasteiger partial charge in [-0.15, -0.1) is 0 Å². The van der Waals surface area contributed by atoms with E-state index in [0.717, 1.165) is 54.6 Å². The van der Waals surface area contributed by atoms with Gasteiger partial charge in [-0.2, -0.15) is 9.61 Å². The molecule has 1 aliphatic rings. The van der Waals surface area contributed by atoms with E-state index in [9.17, 15) is 0 Å². The van der Waals surface area contributed by atoms with Crippen molar-refractivity contribution in [2.45, 2.75) is 33.6 Å². The molecule has 0 saturated carbocycles. The van der Waals surface area contributed by atoms with E-state index in [1.54, 1.807) is 0 Å².